The summed E-state index contributed by atoms with van der Waals surface area (Å²) in [5.74, 6) is -2.22. The molecule has 9 heteroatoms. The van der Waals surface area contributed by atoms with Gasteiger partial charge in [0.2, 0.25) is 0 Å². The van der Waals surface area contributed by atoms with Crippen molar-refractivity contribution in [2.24, 2.45) is 0 Å². The molecule has 0 atom stereocenters. The van der Waals surface area contributed by atoms with E-state index in [1.165, 1.54) is 6.92 Å². The van der Waals surface area contributed by atoms with Crippen LogP contribution in [0.1, 0.15) is 30.2 Å². The maximum atomic E-state index is 12.8. The van der Waals surface area contributed by atoms with Crippen LogP contribution in [0.4, 0.5) is 22.0 Å². The highest BCUT2D eigenvalue weighted by Gasteiger charge is 2.39. The number of aromatic hydroxyl groups is 1. The fourth-order valence-corrected chi connectivity index (χ4v) is 1.58. The summed E-state index contributed by atoms with van der Waals surface area (Å²) in [5, 5.41) is 9.23. The second-order valence-electron chi connectivity index (χ2n) is 3.66. The summed E-state index contributed by atoms with van der Waals surface area (Å²) in [4.78, 5) is 14.1. The van der Waals surface area contributed by atoms with Crippen LogP contribution in [0.5, 0.6) is 5.75 Å². The molecule has 0 radical (unpaired) electrons. The topological polar surface area (TPSA) is 59.4 Å². The molecule has 1 aromatic heterocycles. The SMILES string of the molecule is CCOC(=O)Cc1c(C(F)(F)F)ncc(O)c1C(F)F. The zero-order valence-electron chi connectivity index (χ0n) is 10.2. The molecule has 1 rings (SSSR count). The molecule has 0 aromatic carbocycles. The highest BCUT2D eigenvalue weighted by atomic mass is 19.4. The van der Waals surface area contributed by atoms with Gasteiger partial charge in [-0.3, -0.25) is 4.79 Å². The molecule has 0 aliphatic carbocycles. The molecular formula is C11H10F5NO3. The maximum Gasteiger partial charge on any atom is 0.433 e. The summed E-state index contributed by atoms with van der Waals surface area (Å²) >= 11 is 0. The van der Waals surface area contributed by atoms with Gasteiger partial charge < -0.3 is 9.84 Å². The molecule has 0 aliphatic rings. The number of nitrogens with zero attached hydrogens (tertiary/aromatic N) is 1. The summed E-state index contributed by atoms with van der Waals surface area (Å²) in [6.07, 6.45) is -9.19. The van der Waals surface area contributed by atoms with Crippen molar-refractivity contribution in [1.82, 2.24) is 4.98 Å². The van der Waals surface area contributed by atoms with E-state index in [2.05, 4.69) is 9.72 Å². The molecule has 0 spiro atoms. The Bertz CT molecular complexity index is 502. The van der Waals surface area contributed by atoms with Gasteiger partial charge in [-0.15, -0.1) is 0 Å². The Morgan fingerprint density at radius 2 is 2.05 bits per heavy atom. The minimum atomic E-state index is -5.03. The lowest BCUT2D eigenvalue weighted by atomic mass is 10.0. The number of ether oxygens (including phenoxy) is 1. The number of aromatic nitrogens is 1. The van der Waals surface area contributed by atoms with E-state index in [0.717, 1.165) is 0 Å². The first-order valence-corrected chi connectivity index (χ1v) is 5.40. The number of pyridine rings is 1. The van der Waals surface area contributed by atoms with E-state index in [-0.39, 0.29) is 12.8 Å². The molecular weight excluding hydrogens is 289 g/mol. The third kappa shape index (κ3) is 3.55. The Labute approximate surface area is 110 Å². The Hall–Kier alpha value is -1.93. The third-order valence-corrected chi connectivity index (χ3v) is 2.32. The van der Waals surface area contributed by atoms with E-state index in [9.17, 15) is 31.9 Å². The average molecular weight is 299 g/mol. The molecule has 1 N–H and O–H groups in total. The van der Waals surface area contributed by atoms with E-state index < -0.39 is 47.6 Å². The van der Waals surface area contributed by atoms with Crippen LogP contribution >= 0.6 is 0 Å². The van der Waals surface area contributed by atoms with Crippen LogP contribution in [-0.2, 0) is 22.1 Å². The predicted octanol–water partition coefficient (Wildman–Crippen LogP) is 2.85. The van der Waals surface area contributed by atoms with E-state index >= 15 is 0 Å². The summed E-state index contributed by atoms with van der Waals surface area (Å²) in [7, 11) is 0. The van der Waals surface area contributed by atoms with Crippen molar-refractivity contribution in [3.8, 4) is 5.75 Å². The second-order valence-corrected chi connectivity index (χ2v) is 3.66. The average Bonchev–Trinajstić information content (AvgIpc) is 2.26. The third-order valence-electron chi connectivity index (χ3n) is 2.32. The van der Waals surface area contributed by atoms with Crippen molar-refractivity contribution >= 4 is 5.97 Å². The van der Waals surface area contributed by atoms with Gasteiger partial charge in [-0.05, 0) is 6.92 Å². The van der Waals surface area contributed by atoms with Gasteiger partial charge in [-0.25, -0.2) is 13.8 Å². The predicted molar refractivity (Wildman–Crippen MR) is 56.2 cm³/mol. The summed E-state index contributed by atoms with van der Waals surface area (Å²) in [6, 6.07) is 0. The summed E-state index contributed by atoms with van der Waals surface area (Å²) in [5.41, 5.74) is -3.98. The van der Waals surface area contributed by atoms with Crippen molar-refractivity contribution in [3.05, 3.63) is 23.0 Å². The zero-order valence-corrected chi connectivity index (χ0v) is 10.2. The quantitative estimate of drug-likeness (QED) is 0.686. The standard InChI is InChI=1S/C11H10F5NO3/c1-2-20-7(19)3-5-8(10(12)13)6(18)4-17-9(5)11(14,15)16/h4,10,18H,2-3H2,1H3. The summed E-state index contributed by atoms with van der Waals surface area (Å²) in [6.45, 7) is 1.30. The molecule has 0 saturated carbocycles. The number of hydrogen-bond donors (Lipinski definition) is 1. The fourth-order valence-electron chi connectivity index (χ4n) is 1.58. The molecule has 0 unspecified atom stereocenters. The van der Waals surface area contributed by atoms with Gasteiger partial charge in [0, 0.05) is 5.56 Å². The van der Waals surface area contributed by atoms with Crippen LogP contribution in [0.25, 0.3) is 0 Å². The molecule has 0 aliphatic heterocycles. The van der Waals surface area contributed by atoms with Gasteiger partial charge in [0.05, 0.1) is 24.8 Å². The molecule has 4 nitrogen and oxygen atoms in total. The van der Waals surface area contributed by atoms with Gasteiger partial charge in [0.1, 0.15) is 11.4 Å². The lowest BCUT2D eigenvalue weighted by molar-refractivity contribution is -0.144. The van der Waals surface area contributed by atoms with Crippen LogP contribution in [0.3, 0.4) is 0 Å². The minimum Gasteiger partial charge on any atom is -0.506 e. The van der Waals surface area contributed by atoms with Gasteiger partial charge in [0.25, 0.3) is 6.43 Å². The van der Waals surface area contributed by atoms with Crippen LogP contribution in [0.15, 0.2) is 6.20 Å². The largest absolute Gasteiger partial charge is 0.506 e. The van der Waals surface area contributed by atoms with Crippen molar-refractivity contribution in [2.75, 3.05) is 6.61 Å². The van der Waals surface area contributed by atoms with Crippen molar-refractivity contribution in [3.63, 3.8) is 0 Å². The Balaban J connectivity index is 3.40. The normalized spacial score (nSPS) is 11.8. The van der Waals surface area contributed by atoms with Crippen molar-refractivity contribution in [2.45, 2.75) is 25.9 Å². The first-order valence-electron chi connectivity index (χ1n) is 5.40. The van der Waals surface area contributed by atoms with Gasteiger partial charge in [0.15, 0.2) is 0 Å². The number of esters is 1. The molecule has 20 heavy (non-hydrogen) atoms. The summed E-state index contributed by atoms with van der Waals surface area (Å²) < 4.78 is 68.2. The molecule has 0 bridgehead atoms. The molecule has 1 heterocycles. The molecule has 0 saturated heterocycles. The van der Waals surface area contributed by atoms with Crippen LogP contribution in [-0.4, -0.2) is 22.7 Å². The number of carbonyl (C=O) groups excluding carboxylic acids is 1. The van der Waals surface area contributed by atoms with E-state index in [1.54, 1.807) is 0 Å². The first-order chi connectivity index (χ1) is 9.18. The number of rotatable bonds is 4. The number of carbonyl (C=O) groups is 1. The monoisotopic (exact) mass is 299 g/mol. The molecule has 112 valence electrons. The van der Waals surface area contributed by atoms with Gasteiger partial charge >= 0.3 is 12.1 Å². The van der Waals surface area contributed by atoms with E-state index in [1.807, 2.05) is 0 Å². The number of alkyl halides is 5. The molecule has 1 aromatic rings. The van der Waals surface area contributed by atoms with Crippen LogP contribution in [0, 0.1) is 0 Å². The lowest BCUT2D eigenvalue weighted by Crippen LogP contribution is -2.18. The maximum absolute atomic E-state index is 12.8. The number of hydrogen-bond acceptors (Lipinski definition) is 4. The molecule has 0 fully saturated rings. The number of halogens is 5. The zero-order chi connectivity index (χ0) is 15.5. The van der Waals surface area contributed by atoms with Gasteiger partial charge in [-0.1, -0.05) is 0 Å². The van der Waals surface area contributed by atoms with Crippen LogP contribution in [0.2, 0.25) is 0 Å². The molecule has 0 amide bonds. The highest BCUT2D eigenvalue weighted by Crippen LogP contribution is 2.38. The Kier molecular flexibility index (Phi) is 4.85. The fraction of sp³-hybridized carbons (Fsp3) is 0.455. The van der Waals surface area contributed by atoms with Crippen LogP contribution < -0.4 is 0 Å². The van der Waals surface area contributed by atoms with Crippen molar-refractivity contribution < 1.29 is 36.6 Å². The van der Waals surface area contributed by atoms with Crippen molar-refractivity contribution in [1.29, 1.82) is 0 Å². The Morgan fingerprint density at radius 1 is 1.45 bits per heavy atom. The van der Waals surface area contributed by atoms with Gasteiger partial charge in [-0.2, -0.15) is 13.2 Å². The van der Waals surface area contributed by atoms with E-state index in [4.69, 9.17) is 0 Å². The van der Waals surface area contributed by atoms with E-state index in [0.29, 0.717) is 0 Å². The highest BCUT2D eigenvalue weighted by molar-refractivity contribution is 5.74. The first kappa shape index (κ1) is 16.1. The smallest absolute Gasteiger partial charge is 0.433 e. The lowest BCUT2D eigenvalue weighted by Gasteiger charge is -2.16. The second kappa shape index (κ2) is 6.02. The minimum absolute atomic E-state index is 0.115. The Morgan fingerprint density at radius 3 is 2.50 bits per heavy atom.